The van der Waals surface area contributed by atoms with Crippen molar-refractivity contribution in [1.29, 1.82) is 0 Å². The fourth-order valence-electron chi connectivity index (χ4n) is 3.08. The second-order valence-electron chi connectivity index (χ2n) is 5.89. The minimum atomic E-state index is 0.150. The van der Waals surface area contributed by atoms with Gasteiger partial charge in [-0.05, 0) is 30.9 Å². The summed E-state index contributed by atoms with van der Waals surface area (Å²) in [5.74, 6) is 0.965. The van der Waals surface area contributed by atoms with Crippen LogP contribution in [0.25, 0.3) is 20.7 Å². The van der Waals surface area contributed by atoms with Gasteiger partial charge >= 0.3 is 0 Å². The molecule has 1 fully saturated rings. The largest absolute Gasteiger partial charge is 0.395 e. The van der Waals surface area contributed by atoms with E-state index in [0.29, 0.717) is 12.6 Å². The molecule has 2 aromatic heterocycles. The summed E-state index contributed by atoms with van der Waals surface area (Å²) in [6.07, 6.45) is 5.27. The van der Waals surface area contributed by atoms with Crippen molar-refractivity contribution in [1.82, 2.24) is 9.97 Å². The lowest BCUT2D eigenvalue weighted by molar-refractivity contribution is 0.283. The van der Waals surface area contributed by atoms with Crippen molar-refractivity contribution >= 4 is 27.4 Å². The van der Waals surface area contributed by atoms with E-state index in [-0.39, 0.29) is 6.61 Å². The molecule has 0 amide bonds. The van der Waals surface area contributed by atoms with Crippen LogP contribution in [0.4, 0.5) is 5.82 Å². The molecule has 2 heterocycles. The number of aromatic nitrogens is 2. The standard InChI is InChI=1S/C18H19N3OS/c22-10-9-21(14-7-4-8-14)17-15-11-16(13-5-2-1-3-6-13)23-18(15)20-12-19-17/h1-3,5-6,11-12,14,22H,4,7-10H2. The second kappa shape index (κ2) is 6.26. The van der Waals surface area contributed by atoms with E-state index in [4.69, 9.17) is 0 Å². The normalized spacial score (nSPS) is 14.8. The van der Waals surface area contributed by atoms with Crippen LogP contribution >= 0.6 is 11.3 Å². The van der Waals surface area contributed by atoms with E-state index in [2.05, 4.69) is 45.2 Å². The van der Waals surface area contributed by atoms with Crippen LogP contribution in [-0.2, 0) is 0 Å². The first-order valence-corrected chi connectivity index (χ1v) is 8.86. The number of hydrogen-bond acceptors (Lipinski definition) is 5. The lowest BCUT2D eigenvalue weighted by atomic mass is 9.91. The Morgan fingerprint density at radius 2 is 2.00 bits per heavy atom. The molecule has 0 spiro atoms. The number of hydrogen-bond donors (Lipinski definition) is 1. The van der Waals surface area contributed by atoms with Crippen LogP contribution in [0.3, 0.4) is 0 Å². The van der Waals surface area contributed by atoms with Crippen LogP contribution in [0.5, 0.6) is 0 Å². The maximum Gasteiger partial charge on any atom is 0.141 e. The fourth-order valence-corrected chi connectivity index (χ4v) is 4.08. The summed E-state index contributed by atoms with van der Waals surface area (Å²) in [6.45, 7) is 0.783. The molecular weight excluding hydrogens is 306 g/mol. The van der Waals surface area contributed by atoms with Crippen LogP contribution in [0.15, 0.2) is 42.7 Å². The van der Waals surface area contributed by atoms with Crippen molar-refractivity contribution in [2.45, 2.75) is 25.3 Å². The molecule has 1 aliphatic rings. The second-order valence-corrected chi connectivity index (χ2v) is 6.93. The zero-order valence-electron chi connectivity index (χ0n) is 12.9. The Bertz CT molecular complexity index is 798. The third-order valence-electron chi connectivity index (χ3n) is 4.50. The quantitative estimate of drug-likeness (QED) is 0.777. The predicted molar refractivity (Wildman–Crippen MR) is 94.9 cm³/mol. The van der Waals surface area contributed by atoms with E-state index >= 15 is 0 Å². The molecule has 1 aromatic carbocycles. The minimum absolute atomic E-state index is 0.150. The van der Waals surface area contributed by atoms with E-state index in [1.165, 1.54) is 29.7 Å². The van der Waals surface area contributed by atoms with Crippen molar-refractivity contribution in [3.8, 4) is 10.4 Å². The molecule has 1 saturated carbocycles. The topological polar surface area (TPSA) is 49.2 Å². The van der Waals surface area contributed by atoms with Gasteiger partial charge in [-0.2, -0.15) is 0 Å². The highest BCUT2D eigenvalue weighted by Gasteiger charge is 2.27. The van der Waals surface area contributed by atoms with Gasteiger partial charge in [0.25, 0.3) is 0 Å². The van der Waals surface area contributed by atoms with E-state index in [1.54, 1.807) is 17.7 Å². The molecule has 0 bridgehead atoms. The van der Waals surface area contributed by atoms with Crippen molar-refractivity contribution in [3.63, 3.8) is 0 Å². The number of anilines is 1. The summed E-state index contributed by atoms with van der Waals surface area (Å²) in [4.78, 5) is 13.5. The monoisotopic (exact) mass is 325 g/mol. The number of fused-ring (bicyclic) bond motifs is 1. The summed E-state index contributed by atoms with van der Waals surface area (Å²) in [7, 11) is 0. The van der Waals surface area contributed by atoms with Crippen LogP contribution in [0.2, 0.25) is 0 Å². The molecular formula is C18H19N3OS. The highest BCUT2D eigenvalue weighted by atomic mass is 32.1. The molecule has 0 aliphatic heterocycles. The summed E-state index contributed by atoms with van der Waals surface area (Å²) in [5.41, 5.74) is 1.21. The number of aliphatic hydroxyl groups excluding tert-OH is 1. The molecule has 23 heavy (non-hydrogen) atoms. The van der Waals surface area contributed by atoms with E-state index in [1.807, 2.05) is 6.07 Å². The van der Waals surface area contributed by atoms with Crippen LogP contribution in [0, 0.1) is 0 Å². The van der Waals surface area contributed by atoms with Gasteiger partial charge in [0.2, 0.25) is 0 Å². The maximum atomic E-state index is 9.44. The SMILES string of the molecule is OCCN(c1ncnc2sc(-c3ccccc3)cc12)C1CCC1. The third-order valence-corrected chi connectivity index (χ3v) is 5.59. The lowest BCUT2D eigenvalue weighted by Gasteiger charge is -2.38. The molecule has 0 radical (unpaired) electrons. The van der Waals surface area contributed by atoms with Gasteiger partial charge in [-0.1, -0.05) is 30.3 Å². The van der Waals surface area contributed by atoms with Crippen LogP contribution in [0.1, 0.15) is 19.3 Å². The molecule has 1 aliphatic carbocycles. The molecule has 5 heteroatoms. The predicted octanol–water partition coefficient (Wildman–Crippen LogP) is 3.71. The summed E-state index contributed by atoms with van der Waals surface area (Å²) in [6, 6.07) is 13.1. The molecule has 118 valence electrons. The van der Waals surface area contributed by atoms with Crippen molar-refractivity contribution in [2.75, 3.05) is 18.1 Å². The zero-order valence-corrected chi connectivity index (χ0v) is 13.7. The number of aliphatic hydroxyl groups is 1. The van der Waals surface area contributed by atoms with Crippen molar-refractivity contribution < 1.29 is 5.11 Å². The Balaban J connectivity index is 1.79. The van der Waals surface area contributed by atoms with Gasteiger partial charge in [-0.25, -0.2) is 9.97 Å². The smallest absolute Gasteiger partial charge is 0.141 e. The van der Waals surface area contributed by atoms with Gasteiger partial charge in [-0.15, -0.1) is 11.3 Å². The Labute approximate surface area is 139 Å². The van der Waals surface area contributed by atoms with Crippen molar-refractivity contribution in [3.05, 3.63) is 42.7 Å². The van der Waals surface area contributed by atoms with Gasteiger partial charge in [0.1, 0.15) is 17.0 Å². The van der Waals surface area contributed by atoms with E-state index < -0.39 is 0 Å². The molecule has 4 nitrogen and oxygen atoms in total. The average molecular weight is 325 g/mol. The highest BCUT2D eigenvalue weighted by molar-refractivity contribution is 7.21. The van der Waals surface area contributed by atoms with Gasteiger partial charge in [0, 0.05) is 17.5 Å². The average Bonchev–Trinajstić information content (AvgIpc) is 2.98. The molecule has 4 rings (SSSR count). The number of rotatable bonds is 5. The Morgan fingerprint density at radius 1 is 1.17 bits per heavy atom. The van der Waals surface area contributed by atoms with Crippen LogP contribution < -0.4 is 4.90 Å². The molecule has 0 saturated heterocycles. The zero-order chi connectivity index (χ0) is 15.6. The van der Waals surface area contributed by atoms with Gasteiger partial charge < -0.3 is 10.0 Å². The van der Waals surface area contributed by atoms with Gasteiger partial charge in [0.05, 0.1) is 12.0 Å². The number of benzene rings is 1. The highest BCUT2D eigenvalue weighted by Crippen LogP contribution is 2.38. The lowest BCUT2D eigenvalue weighted by Crippen LogP contribution is -2.42. The van der Waals surface area contributed by atoms with Gasteiger partial charge in [0.15, 0.2) is 0 Å². The minimum Gasteiger partial charge on any atom is -0.395 e. The molecule has 0 unspecified atom stereocenters. The van der Waals surface area contributed by atoms with Gasteiger partial charge in [-0.3, -0.25) is 0 Å². The molecule has 0 atom stereocenters. The number of nitrogens with zero attached hydrogens (tertiary/aromatic N) is 3. The first-order chi connectivity index (χ1) is 11.4. The maximum absolute atomic E-state index is 9.44. The first-order valence-electron chi connectivity index (χ1n) is 8.04. The Morgan fingerprint density at radius 3 is 2.70 bits per heavy atom. The van der Waals surface area contributed by atoms with E-state index in [0.717, 1.165) is 16.0 Å². The molecule has 1 N–H and O–H groups in total. The summed E-state index contributed by atoms with van der Waals surface area (Å²) < 4.78 is 0. The third kappa shape index (κ3) is 2.71. The molecule has 3 aromatic rings. The van der Waals surface area contributed by atoms with Crippen molar-refractivity contribution in [2.24, 2.45) is 0 Å². The Kier molecular flexibility index (Phi) is 3.97. The fraction of sp³-hybridized carbons (Fsp3) is 0.333. The van der Waals surface area contributed by atoms with E-state index in [9.17, 15) is 5.11 Å². The Hall–Kier alpha value is -1.98. The number of thiophene rings is 1. The summed E-state index contributed by atoms with van der Waals surface area (Å²) >= 11 is 1.70. The van der Waals surface area contributed by atoms with Crippen LogP contribution in [-0.4, -0.2) is 34.3 Å². The summed E-state index contributed by atoms with van der Waals surface area (Å²) in [5, 5.41) is 10.5. The first kappa shape index (κ1) is 14.6.